The number of thioether (sulfide) groups is 1. The third-order valence-electron chi connectivity index (χ3n) is 5.40. The molecule has 6 rings (SSSR count). The van der Waals surface area contributed by atoms with Crippen LogP contribution < -0.4 is 5.56 Å². The maximum atomic E-state index is 12.9. The highest BCUT2D eigenvalue weighted by atomic mass is 32.2. The first-order valence-electron chi connectivity index (χ1n) is 10.3. The summed E-state index contributed by atoms with van der Waals surface area (Å²) in [7, 11) is 0. The zero-order chi connectivity index (χ0) is 21.7. The molecule has 1 saturated carbocycles. The molecular weight excluding hydrogens is 479 g/mol. The van der Waals surface area contributed by atoms with Gasteiger partial charge in [-0.2, -0.15) is 0 Å². The maximum Gasteiger partial charge on any atom is 0.260 e. The van der Waals surface area contributed by atoms with E-state index >= 15 is 0 Å². The minimum Gasteiger partial charge on any atom is -0.309 e. The predicted molar refractivity (Wildman–Crippen MR) is 133 cm³/mol. The molecule has 5 heterocycles. The van der Waals surface area contributed by atoms with E-state index in [1.807, 2.05) is 5.38 Å². The predicted octanol–water partition coefficient (Wildman–Crippen LogP) is 5.89. The topological polar surface area (TPSA) is 76.5 Å². The quantitative estimate of drug-likeness (QED) is 0.284. The Morgan fingerprint density at radius 1 is 1.22 bits per heavy atom. The Kier molecular flexibility index (Phi) is 5.25. The van der Waals surface area contributed by atoms with Gasteiger partial charge in [0.1, 0.15) is 16.5 Å². The number of aryl methyl sites for hydroxylation is 1. The largest absolute Gasteiger partial charge is 0.309 e. The first-order chi connectivity index (χ1) is 15.7. The monoisotopic (exact) mass is 497 g/mol. The number of nitrogens with zero attached hydrogens (tertiary/aromatic N) is 4. The van der Waals surface area contributed by atoms with Gasteiger partial charge in [0.25, 0.3) is 5.56 Å². The van der Waals surface area contributed by atoms with Gasteiger partial charge < -0.3 is 9.55 Å². The molecule has 32 heavy (non-hydrogen) atoms. The normalized spacial score (nSPS) is 13.9. The van der Waals surface area contributed by atoms with Gasteiger partial charge in [0, 0.05) is 38.0 Å². The molecule has 6 nitrogen and oxygen atoms in total. The van der Waals surface area contributed by atoms with Gasteiger partial charge in [0.15, 0.2) is 5.16 Å². The zero-order valence-electron chi connectivity index (χ0n) is 17.2. The summed E-state index contributed by atoms with van der Waals surface area (Å²) in [6.45, 7) is 2.08. The summed E-state index contributed by atoms with van der Waals surface area (Å²) >= 11 is 6.56. The minimum absolute atomic E-state index is 0.0741. The third-order valence-corrected chi connectivity index (χ3v) is 9.13. The third kappa shape index (κ3) is 3.85. The van der Waals surface area contributed by atoms with Gasteiger partial charge in [-0.1, -0.05) is 17.8 Å². The second-order valence-electron chi connectivity index (χ2n) is 7.80. The summed E-state index contributed by atoms with van der Waals surface area (Å²) < 4.78 is 2.28. The van der Waals surface area contributed by atoms with Crippen molar-refractivity contribution in [2.75, 3.05) is 0 Å². The molecule has 0 atom stereocenters. The Balaban J connectivity index is 1.26. The van der Waals surface area contributed by atoms with Crippen LogP contribution in [0, 0.1) is 6.92 Å². The second-order valence-corrected chi connectivity index (χ2v) is 11.9. The molecule has 0 unspecified atom stereocenters. The van der Waals surface area contributed by atoms with Crippen LogP contribution in [0.1, 0.15) is 40.3 Å². The molecule has 0 radical (unpaired) electrons. The highest BCUT2D eigenvalue weighted by molar-refractivity contribution is 7.98. The number of hydrogen-bond acceptors (Lipinski definition) is 8. The maximum absolute atomic E-state index is 12.9. The van der Waals surface area contributed by atoms with Crippen LogP contribution >= 0.6 is 45.8 Å². The fourth-order valence-corrected chi connectivity index (χ4v) is 7.27. The van der Waals surface area contributed by atoms with E-state index in [2.05, 4.69) is 56.3 Å². The molecule has 0 spiro atoms. The average Bonchev–Trinajstić information content (AvgIpc) is 3.19. The van der Waals surface area contributed by atoms with Gasteiger partial charge in [-0.25, -0.2) is 4.98 Å². The van der Waals surface area contributed by atoms with Crippen molar-refractivity contribution in [2.24, 2.45) is 0 Å². The van der Waals surface area contributed by atoms with E-state index < -0.39 is 0 Å². The van der Waals surface area contributed by atoms with Crippen LogP contribution in [0.15, 0.2) is 45.0 Å². The lowest BCUT2D eigenvalue weighted by Gasteiger charge is -2.08. The van der Waals surface area contributed by atoms with E-state index in [9.17, 15) is 4.79 Å². The summed E-state index contributed by atoms with van der Waals surface area (Å²) in [6.07, 6.45) is 3.15. The number of hydrogen-bond donors (Lipinski definition) is 1. The minimum atomic E-state index is -0.0741. The molecule has 5 aromatic rings. The molecule has 1 aliphatic rings. The molecule has 10 heteroatoms. The van der Waals surface area contributed by atoms with E-state index in [0.717, 1.165) is 32.7 Å². The van der Waals surface area contributed by atoms with Crippen molar-refractivity contribution in [1.82, 2.24) is 24.7 Å². The Bertz CT molecular complexity index is 1460. The number of aromatic amines is 1. The van der Waals surface area contributed by atoms with Crippen LogP contribution in [0.2, 0.25) is 0 Å². The Hall–Kier alpha value is -2.27. The molecule has 0 aromatic carbocycles. The van der Waals surface area contributed by atoms with E-state index in [0.29, 0.717) is 23.0 Å². The first-order valence-corrected chi connectivity index (χ1v) is 13.9. The van der Waals surface area contributed by atoms with Crippen molar-refractivity contribution in [3.05, 3.63) is 66.8 Å². The van der Waals surface area contributed by atoms with Crippen LogP contribution in [-0.2, 0) is 12.2 Å². The fourth-order valence-electron chi connectivity index (χ4n) is 3.75. The van der Waals surface area contributed by atoms with Crippen molar-refractivity contribution in [3.63, 3.8) is 0 Å². The summed E-state index contributed by atoms with van der Waals surface area (Å²) in [5.41, 5.74) is 0.901. The van der Waals surface area contributed by atoms with Gasteiger partial charge in [0.2, 0.25) is 0 Å². The number of aromatic nitrogens is 5. The van der Waals surface area contributed by atoms with Crippen LogP contribution in [-0.4, -0.2) is 24.7 Å². The number of rotatable bonds is 7. The molecular formula is C22H19N5OS4. The Morgan fingerprint density at radius 2 is 2.12 bits per heavy atom. The zero-order valence-corrected chi connectivity index (χ0v) is 20.5. The van der Waals surface area contributed by atoms with Gasteiger partial charge in [-0.3, -0.25) is 4.79 Å². The molecule has 162 valence electrons. The number of H-pyrrole nitrogens is 1. The molecule has 0 bridgehead atoms. The number of thiophene rings is 3. The molecule has 5 aromatic heterocycles. The van der Waals surface area contributed by atoms with Gasteiger partial charge >= 0.3 is 0 Å². The van der Waals surface area contributed by atoms with E-state index in [4.69, 9.17) is 4.98 Å². The summed E-state index contributed by atoms with van der Waals surface area (Å²) in [6, 6.07) is 8.86. The SMILES string of the molecule is Cc1ccc(-c2csc3nc(CSc4nnc(Cc5cccs5)n4C4CC4)[nH]c(=O)c23)s1. The van der Waals surface area contributed by atoms with Crippen LogP contribution in [0.25, 0.3) is 20.7 Å². The highest BCUT2D eigenvalue weighted by Gasteiger charge is 2.30. The molecule has 0 saturated heterocycles. The highest BCUT2D eigenvalue weighted by Crippen LogP contribution is 2.40. The molecule has 1 aliphatic carbocycles. The number of nitrogens with one attached hydrogen (secondary N) is 1. The second kappa shape index (κ2) is 8.26. The van der Waals surface area contributed by atoms with Gasteiger partial charge in [-0.15, -0.1) is 44.2 Å². The lowest BCUT2D eigenvalue weighted by Crippen LogP contribution is -2.11. The summed E-state index contributed by atoms with van der Waals surface area (Å²) in [5.74, 6) is 2.25. The van der Waals surface area contributed by atoms with Crippen molar-refractivity contribution < 1.29 is 0 Å². The Labute approximate surface area is 200 Å². The molecule has 1 fully saturated rings. The average molecular weight is 498 g/mol. The summed E-state index contributed by atoms with van der Waals surface area (Å²) in [4.78, 5) is 25.1. The van der Waals surface area contributed by atoms with E-state index in [1.54, 1.807) is 34.4 Å². The standard InChI is InChI=1S/C22H19N5OS4/c1-12-4-7-16(32-12)15-10-30-21-19(15)20(28)23-17(24-21)11-31-22-26-25-18(27(22)13-5-6-13)9-14-3-2-8-29-14/h2-4,7-8,10,13H,5-6,9,11H2,1H3,(H,23,24,28). The lowest BCUT2D eigenvalue weighted by molar-refractivity contribution is 0.635. The Morgan fingerprint density at radius 3 is 2.88 bits per heavy atom. The van der Waals surface area contributed by atoms with Crippen LogP contribution in [0.4, 0.5) is 0 Å². The molecule has 0 aliphatic heterocycles. The van der Waals surface area contributed by atoms with Crippen molar-refractivity contribution in [1.29, 1.82) is 0 Å². The fraction of sp³-hybridized carbons (Fsp3) is 0.273. The lowest BCUT2D eigenvalue weighted by atomic mass is 10.2. The first kappa shape index (κ1) is 20.3. The van der Waals surface area contributed by atoms with Crippen LogP contribution in [0.5, 0.6) is 0 Å². The van der Waals surface area contributed by atoms with E-state index in [-0.39, 0.29) is 5.56 Å². The number of fused-ring (bicyclic) bond motifs is 1. The molecule has 0 amide bonds. The van der Waals surface area contributed by atoms with Crippen LogP contribution in [0.3, 0.4) is 0 Å². The van der Waals surface area contributed by atoms with E-state index in [1.165, 1.54) is 33.9 Å². The summed E-state index contributed by atoms with van der Waals surface area (Å²) in [5, 5.41) is 14.7. The smallest absolute Gasteiger partial charge is 0.260 e. The molecule has 1 N–H and O–H groups in total. The van der Waals surface area contributed by atoms with Crippen molar-refractivity contribution in [3.8, 4) is 10.4 Å². The van der Waals surface area contributed by atoms with Gasteiger partial charge in [-0.05, 0) is 43.3 Å². The van der Waals surface area contributed by atoms with Crippen molar-refractivity contribution in [2.45, 2.75) is 43.1 Å². The van der Waals surface area contributed by atoms with Crippen molar-refractivity contribution >= 4 is 56.0 Å². The van der Waals surface area contributed by atoms with Gasteiger partial charge in [0.05, 0.1) is 11.1 Å².